The van der Waals surface area contributed by atoms with Crippen LogP contribution in [0.25, 0.3) is 0 Å². The molecule has 0 aliphatic carbocycles. The molecule has 24 heavy (non-hydrogen) atoms. The highest BCUT2D eigenvalue weighted by Crippen LogP contribution is 2.19. The lowest BCUT2D eigenvalue weighted by Crippen LogP contribution is -2.30. The van der Waals surface area contributed by atoms with E-state index < -0.39 is 18.0 Å². The summed E-state index contributed by atoms with van der Waals surface area (Å²) in [5.74, 6) is -0.602. The van der Waals surface area contributed by atoms with Crippen LogP contribution in [0.4, 0.5) is 5.82 Å². The van der Waals surface area contributed by atoms with E-state index in [2.05, 4.69) is 15.5 Å². The lowest BCUT2D eigenvalue weighted by molar-refractivity contribution is -0.123. The van der Waals surface area contributed by atoms with Crippen LogP contribution in [0, 0.1) is 20.8 Å². The van der Waals surface area contributed by atoms with Crippen molar-refractivity contribution in [3.05, 3.63) is 34.3 Å². The lowest BCUT2D eigenvalue weighted by atomic mass is 10.1. The van der Waals surface area contributed by atoms with Gasteiger partial charge in [-0.15, -0.1) is 0 Å². The highest BCUT2D eigenvalue weighted by Gasteiger charge is 2.25. The number of amides is 1. The van der Waals surface area contributed by atoms with Gasteiger partial charge in [0.25, 0.3) is 5.91 Å². The van der Waals surface area contributed by atoms with E-state index in [1.165, 1.54) is 13.8 Å². The molecule has 1 amide bonds. The van der Waals surface area contributed by atoms with E-state index in [-0.39, 0.29) is 17.3 Å². The third kappa shape index (κ3) is 3.53. The molecule has 0 aromatic carbocycles. The fourth-order valence-corrected chi connectivity index (χ4v) is 2.41. The number of hydrogen-bond acceptors (Lipinski definition) is 6. The Morgan fingerprint density at radius 2 is 1.96 bits per heavy atom. The Labute approximate surface area is 138 Å². The summed E-state index contributed by atoms with van der Waals surface area (Å²) in [7, 11) is 0. The van der Waals surface area contributed by atoms with Crippen LogP contribution < -0.4 is 5.32 Å². The standard InChI is InChI=1S/C16H19N3O5/c1-7-6-12(19-24-7)18-15(21)11(5)23-16(22)14-8(2)13(10(4)20)9(3)17-14/h6,11,17H,1-5H3,(H,18,19,21)/t11-/m0/s1. The number of aromatic amines is 1. The molecule has 0 saturated heterocycles. The predicted octanol–water partition coefficient (Wildman–Crippen LogP) is 2.31. The SMILES string of the molecule is CC(=O)c1c(C)[nH]c(C(=O)O[C@@H](C)C(=O)Nc2cc(C)on2)c1C. The fraction of sp³-hybridized carbons (Fsp3) is 0.375. The van der Waals surface area contributed by atoms with E-state index in [0.29, 0.717) is 22.6 Å². The normalized spacial score (nSPS) is 11.9. The molecule has 0 radical (unpaired) electrons. The van der Waals surface area contributed by atoms with Crippen molar-refractivity contribution in [1.82, 2.24) is 10.1 Å². The number of anilines is 1. The van der Waals surface area contributed by atoms with Gasteiger partial charge in [0.15, 0.2) is 17.7 Å². The van der Waals surface area contributed by atoms with E-state index in [1.54, 1.807) is 26.8 Å². The van der Waals surface area contributed by atoms with Crippen LogP contribution in [-0.4, -0.2) is 33.9 Å². The number of carbonyl (C=O) groups is 3. The van der Waals surface area contributed by atoms with Crippen molar-refractivity contribution in [1.29, 1.82) is 0 Å². The van der Waals surface area contributed by atoms with Crippen molar-refractivity contribution in [2.75, 3.05) is 5.32 Å². The first-order valence-electron chi connectivity index (χ1n) is 7.36. The van der Waals surface area contributed by atoms with Crippen molar-refractivity contribution in [2.24, 2.45) is 0 Å². The summed E-state index contributed by atoms with van der Waals surface area (Å²) >= 11 is 0. The molecule has 0 bridgehead atoms. The molecule has 2 aromatic rings. The second-order valence-electron chi connectivity index (χ2n) is 5.54. The molecule has 0 saturated carbocycles. The summed E-state index contributed by atoms with van der Waals surface area (Å²) in [6.07, 6.45) is -1.04. The smallest absolute Gasteiger partial charge is 0.355 e. The van der Waals surface area contributed by atoms with Gasteiger partial charge in [0, 0.05) is 17.3 Å². The van der Waals surface area contributed by atoms with Gasteiger partial charge in [-0.05, 0) is 40.2 Å². The van der Waals surface area contributed by atoms with Gasteiger partial charge in [-0.25, -0.2) is 4.79 Å². The quantitative estimate of drug-likeness (QED) is 0.641. The summed E-state index contributed by atoms with van der Waals surface area (Å²) in [5.41, 5.74) is 1.71. The molecule has 2 heterocycles. The molecule has 2 rings (SSSR count). The summed E-state index contributed by atoms with van der Waals surface area (Å²) in [6, 6.07) is 1.55. The topological polar surface area (TPSA) is 114 Å². The van der Waals surface area contributed by atoms with Crippen molar-refractivity contribution in [3.63, 3.8) is 0 Å². The number of ketones is 1. The van der Waals surface area contributed by atoms with Gasteiger partial charge in [0.1, 0.15) is 11.5 Å². The first kappa shape index (κ1) is 17.5. The average Bonchev–Trinajstić information content (AvgIpc) is 3.01. The van der Waals surface area contributed by atoms with Gasteiger partial charge in [0.2, 0.25) is 0 Å². The lowest BCUT2D eigenvalue weighted by Gasteiger charge is -2.12. The van der Waals surface area contributed by atoms with Gasteiger partial charge >= 0.3 is 5.97 Å². The van der Waals surface area contributed by atoms with Crippen LogP contribution in [0.2, 0.25) is 0 Å². The fourth-order valence-electron chi connectivity index (χ4n) is 2.41. The van der Waals surface area contributed by atoms with Crippen molar-refractivity contribution >= 4 is 23.5 Å². The van der Waals surface area contributed by atoms with Gasteiger partial charge in [-0.1, -0.05) is 5.16 Å². The molecule has 1 atom stereocenters. The van der Waals surface area contributed by atoms with E-state index in [9.17, 15) is 14.4 Å². The number of nitrogens with zero attached hydrogens (tertiary/aromatic N) is 1. The second kappa shape index (κ2) is 6.69. The van der Waals surface area contributed by atoms with Crippen molar-refractivity contribution < 1.29 is 23.6 Å². The van der Waals surface area contributed by atoms with Gasteiger partial charge in [-0.2, -0.15) is 0 Å². The van der Waals surface area contributed by atoms with Gasteiger partial charge in [0.05, 0.1) is 0 Å². The van der Waals surface area contributed by atoms with Crippen LogP contribution in [0.1, 0.15) is 51.7 Å². The Kier molecular flexibility index (Phi) is 4.87. The van der Waals surface area contributed by atoms with Gasteiger partial charge in [-0.3, -0.25) is 9.59 Å². The minimum atomic E-state index is -1.04. The van der Waals surface area contributed by atoms with Gasteiger partial charge < -0.3 is 19.6 Å². The minimum absolute atomic E-state index is 0.146. The van der Waals surface area contributed by atoms with E-state index in [0.717, 1.165) is 0 Å². The molecule has 0 spiro atoms. The molecule has 128 valence electrons. The highest BCUT2D eigenvalue weighted by atomic mass is 16.5. The zero-order valence-electron chi connectivity index (χ0n) is 14.1. The number of rotatable bonds is 5. The van der Waals surface area contributed by atoms with Crippen LogP contribution in [0.3, 0.4) is 0 Å². The number of hydrogen-bond donors (Lipinski definition) is 2. The molecule has 0 unspecified atom stereocenters. The van der Waals surface area contributed by atoms with Crippen molar-refractivity contribution in [3.8, 4) is 0 Å². The predicted molar refractivity (Wildman–Crippen MR) is 85.0 cm³/mol. The molecule has 2 aromatic heterocycles. The second-order valence-corrected chi connectivity index (χ2v) is 5.54. The molecule has 0 aliphatic rings. The van der Waals surface area contributed by atoms with E-state index in [1.807, 2.05) is 0 Å². The molecular weight excluding hydrogens is 314 g/mol. The van der Waals surface area contributed by atoms with Crippen LogP contribution in [0.15, 0.2) is 10.6 Å². The largest absolute Gasteiger partial charge is 0.448 e. The first-order chi connectivity index (χ1) is 11.2. The number of carbonyl (C=O) groups excluding carboxylic acids is 3. The zero-order chi connectivity index (χ0) is 18.0. The minimum Gasteiger partial charge on any atom is -0.448 e. The maximum absolute atomic E-state index is 12.2. The molecule has 8 heteroatoms. The maximum Gasteiger partial charge on any atom is 0.355 e. The molecule has 8 nitrogen and oxygen atoms in total. The zero-order valence-corrected chi connectivity index (χ0v) is 14.1. The number of H-pyrrole nitrogens is 1. The molecule has 0 aliphatic heterocycles. The monoisotopic (exact) mass is 333 g/mol. The summed E-state index contributed by atoms with van der Waals surface area (Å²) in [5, 5.41) is 6.12. The van der Waals surface area contributed by atoms with Crippen LogP contribution in [-0.2, 0) is 9.53 Å². The Hall–Kier alpha value is -2.90. The summed E-state index contributed by atoms with van der Waals surface area (Å²) in [6.45, 7) is 7.91. The molecular formula is C16H19N3O5. The Balaban J connectivity index is 2.07. The summed E-state index contributed by atoms with van der Waals surface area (Å²) < 4.78 is 9.99. The number of aryl methyl sites for hydroxylation is 2. The number of Topliss-reactive ketones (excluding diaryl/α,β-unsaturated/α-hetero) is 1. The third-order valence-corrected chi connectivity index (χ3v) is 3.53. The average molecular weight is 333 g/mol. The Bertz CT molecular complexity index is 803. The summed E-state index contributed by atoms with van der Waals surface area (Å²) in [4.78, 5) is 38.7. The Morgan fingerprint density at radius 3 is 2.46 bits per heavy atom. The van der Waals surface area contributed by atoms with Crippen LogP contribution >= 0.6 is 0 Å². The molecule has 2 N–H and O–H groups in total. The highest BCUT2D eigenvalue weighted by molar-refractivity contribution is 6.02. The number of esters is 1. The number of ether oxygens (including phenoxy) is 1. The third-order valence-electron chi connectivity index (χ3n) is 3.53. The maximum atomic E-state index is 12.2. The van der Waals surface area contributed by atoms with E-state index >= 15 is 0 Å². The number of nitrogens with one attached hydrogen (secondary N) is 2. The van der Waals surface area contributed by atoms with Crippen molar-refractivity contribution in [2.45, 2.75) is 40.7 Å². The molecule has 0 fully saturated rings. The first-order valence-corrected chi connectivity index (χ1v) is 7.36. The Morgan fingerprint density at radius 1 is 1.29 bits per heavy atom. The van der Waals surface area contributed by atoms with E-state index in [4.69, 9.17) is 9.26 Å². The number of aromatic nitrogens is 2. The van der Waals surface area contributed by atoms with Crippen LogP contribution in [0.5, 0.6) is 0 Å².